The maximum Gasteiger partial charge on any atom is 0.213 e. The zero-order valence-corrected chi connectivity index (χ0v) is 18.6. The van der Waals surface area contributed by atoms with Crippen molar-refractivity contribution >= 4 is 51.3 Å². The van der Waals surface area contributed by atoms with E-state index >= 15 is 0 Å². The van der Waals surface area contributed by atoms with E-state index in [1.807, 2.05) is 54.1 Å². The molecule has 1 aromatic carbocycles. The summed E-state index contributed by atoms with van der Waals surface area (Å²) in [6, 6.07) is 11.5. The van der Waals surface area contributed by atoms with Gasteiger partial charge in [-0.1, -0.05) is 30.3 Å². The second-order valence-electron chi connectivity index (χ2n) is 5.38. The quantitative estimate of drug-likeness (QED) is 0.276. The number of hydrogen-bond donors (Lipinski definition) is 3. The molecule has 9 heteroatoms. The second-order valence-corrected chi connectivity index (χ2v) is 8.09. The molecular formula is C17H25IN4O2S2. The van der Waals surface area contributed by atoms with Crippen LogP contribution in [-0.2, 0) is 23.1 Å². The van der Waals surface area contributed by atoms with Crippen LogP contribution in [-0.4, -0.2) is 33.2 Å². The highest BCUT2D eigenvalue weighted by Gasteiger charge is 2.10. The average Bonchev–Trinajstić information content (AvgIpc) is 3.12. The molecule has 0 bridgehead atoms. The zero-order valence-electron chi connectivity index (χ0n) is 14.6. The second kappa shape index (κ2) is 12.3. The molecule has 0 unspecified atom stereocenters. The summed E-state index contributed by atoms with van der Waals surface area (Å²) >= 11 is 1.63. The van der Waals surface area contributed by atoms with Gasteiger partial charge < -0.3 is 10.6 Å². The molecular weight excluding hydrogens is 483 g/mol. The van der Waals surface area contributed by atoms with E-state index in [9.17, 15) is 8.42 Å². The van der Waals surface area contributed by atoms with Crippen molar-refractivity contribution in [1.29, 1.82) is 0 Å². The highest BCUT2D eigenvalue weighted by Crippen LogP contribution is 2.06. The number of thiophene rings is 1. The lowest BCUT2D eigenvalue weighted by Gasteiger charge is -2.12. The number of nitrogens with one attached hydrogen (secondary N) is 3. The van der Waals surface area contributed by atoms with Crippen LogP contribution >= 0.6 is 35.3 Å². The van der Waals surface area contributed by atoms with Gasteiger partial charge in [-0.2, -0.15) is 11.3 Å². The molecule has 26 heavy (non-hydrogen) atoms. The Kier molecular flexibility index (Phi) is 10.8. The number of sulfonamides is 1. The number of nitrogens with zero attached hydrogens (tertiary/aromatic N) is 1. The minimum absolute atomic E-state index is 0. The molecule has 3 N–H and O–H groups in total. The summed E-state index contributed by atoms with van der Waals surface area (Å²) in [5, 5.41) is 10.2. The van der Waals surface area contributed by atoms with Crippen LogP contribution in [0.15, 0.2) is 52.2 Å². The molecule has 0 aliphatic heterocycles. The molecule has 144 valence electrons. The van der Waals surface area contributed by atoms with E-state index in [-0.39, 0.29) is 29.7 Å². The lowest BCUT2D eigenvalue weighted by atomic mass is 10.2. The SMILES string of the molecule is CCNC(=NCc1ccsc1)NCCS(=O)(=O)NCc1ccccc1.I. The van der Waals surface area contributed by atoms with E-state index in [1.54, 1.807) is 11.3 Å². The molecule has 1 aromatic heterocycles. The third kappa shape index (κ3) is 8.97. The fourth-order valence-electron chi connectivity index (χ4n) is 2.06. The van der Waals surface area contributed by atoms with E-state index in [1.165, 1.54) is 0 Å². The highest BCUT2D eigenvalue weighted by molar-refractivity contribution is 14.0. The number of guanidine groups is 1. The molecule has 0 spiro atoms. The fourth-order valence-corrected chi connectivity index (χ4v) is 3.62. The first-order valence-corrected chi connectivity index (χ1v) is 10.7. The molecule has 0 saturated carbocycles. The van der Waals surface area contributed by atoms with Gasteiger partial charge in [0.05, 0.1) is 12.3 Å². The van der Waals surface area contributed by atoms with Crippen LogP contribution in [0.4, 0.5) is 0 Å². The summed E-state index contributed by atoms with van der Waals surface area (Å²) in [5.74, 6) is 0.606. The Hall–Kier alpha value is -1.17. The van der Waals surface area contributed by atoms with Crippen molar-refractivity contribution in [2.75, 3.05) is 18.8 Å². The molecule has 0 atom stereocenters. The lowest BCUT2D eigenvalue weighted by molar-refractivity contribution is 0.580. The molecule has 0 fully saturated rings. The molecule has 0 saturated heterocycles. The van der Waals surface area contributed by atoms with E-state index in [0.29, 0.717) is 32.1 Å². The minimum atomic E-state index is -3.34. The summed E-state index contributed by atoms with van der Waals surface area (Å²) in [5.41, 5.74) is 2.07. The summed E-state index contributed by atoms with van der Waals surface area (Å²) in [6.07, 6.45) is 0. The van der Waals surface area contributed by atoms with E-state index in [4.69, 9.17) is 0 Å². The average molecular weight is 508 g/mol. The van der Waals surface area contributed by atoms with Crippen molar-refractivity contribution in [2.24, 2.45) is 4.99 Å². The summed E-state index contributed by atoms with van der Waals surface area (Å²) in [6.45, 7) is 3.85. The minimum Gasteiger partial charge on any atom is -0.357 e. The molecule has 1 heterocycles. The smallest absolute Gasteiger partial charge is 0.213 e. The van der Waals surface area contributed by atoms with Crippen molar-refractivity contribution in [3.63, 3.8) is 0 Å². The van der Waals surface area contributed by atoms with E-state index in [0.717, 1.165) is 11.1 Å². The Morgan fingerprint density at radius 3 is 2.54 bits per heavy atom. The van der Waals surface area contributed by atoms with Crippen LogP contribution in [0.2, 0.25) is 0 Å². The van der Waals surface area contributed by atoms with Crippen LogP contribution in [0, 0.1) is 0 Å². The van der Waals surface area contributed by atoms with Gasteiger partial charge in [-0.3, -0.25) is 0 Å². The van der Waals surface area contributed by atoms with Gasteiger partial charge in [-0.15, -0.1) is 24.0 Å². The van der Waals surface area contributed by atoms with Crippen LogP contribution < -0.4 is 15.4 Å². The monoisotopic (exact) mass is 508 g/mol. The van der Waals surface area contributed by atoms with Gasteiger partial charge in [-0.05, 0) is 34.9 Å². The molecule has 0 radical (unpaired) electrons. The standard InChI is InChI=1S/C17H24N4O2S2.HI/c1-2-18-17(20-12-16-8-10-24-14-16)19-9-11-25(22,23)21-13-15-6-4-3-5-7-15;/h3-8,10,14,21H,2,9,11-13H2,1H3,(H2,18,19,20);1H. The molecule has 2 aromatic rings. The Morgan fingerprint density at radius 1 is 1.12 bits per heavy atom. The Balaban J connectivity index is 0.00000338. The van der Waals surface area contributed by atoms with Crippen LogP contribution in [0.3, 0.4) is 0 Å². The van der Waals surface area contributed by atoms with Crippen molar-refractivity contribution in [3.05, 3.63) is 58.3 Å². The summed E-state index contributed by atoms with van der Waals surface area (Å²) < 4.78 is 26.8. The summed E-state index contributed by atoms with van der Waals surface area (Å²) in [7, 11) is -3.34. The largest absolute Gasteiger partial charge is 0.357 e. The van der Waals surface area contributed by atoms with E-state index in [2.05, 4.69) is 20.3 Å². The molecule has 2 rings (SSSR count). The first-order valence-electron chi connectivity index (χ1n) is 8.13. The number of hydrogen-bond acceptors (Lipinski definition) is 4. The topological polar surface area (TPSA) is 82.6 Å². The van der Waals surface area contributed by atoms with Gasteiger partial charge in [0.1, 0.15) is 0 Å². The molecule has 0 aliphatic rings. The maximum atomic E-state index is 12.1. The van der Waals surface area contributed by atoms with Gasteiger partial charge in [0, 0.05) is 19.6 Å². The zero-order chi connectivity index (χ0) is 18.0. The van der Waals surface area contributed by atoms with Crippen LogP contribution in [0.5, 0.6) is 0 Å². The third-order valence-corrected chi connectivity index (χ3v) is 5.40. The van der Waals surface area contributed by atoms with Crippen molar-refractivity contribution in [2.45, 2.75) is 20.0 Å². The Labute approximate surface area is 176 Å². The normalized spacial score (nSPS) is 11.7. The predicted molar refractivity (Wildman–Crippen MR) is 120 cm³/mol. The molecule has 0 aliphatic carbocycles. The van der Waals surface area contributed by atoms with Crippen LogP contribution in [0.1, 0.15) is 18.1 Å². The first kappa shape index (κ1) is 22.9. The maximum absolute atomic E-state index is 12.1. The van der Waals surface area contributed by atoms with Crippen molar-refractivity contribution < 1.29 is 8.42 Å². The highest BCUT2D eigenvalue weighted by atomic mass is 127. The van der Waals surface area contributed by atoms with Gasteiger partial charge in [0.25, 0.3) is 0 Å². The predicted octanol–water partition coefficient (Wildman–Crippen LogP) is 2.54. The number of halogens is 1. The van der Waals surface area contributed by atoms with Crippen LogP contribution in [0.25, 0.3) is 0 Å². The Morgan fingerprint density at radius 2 is 1.88 bits per heavy atom. The fraction of sp³-hybridized carbons (Fsp3) is 0.353. The molecule has 6 nitrogen and oxygen atoms in total. The Bertz CT molecular complexity index is 750. The van der Waals surface area contributed by atoms with Gasteiger partial charge in [0.15, 0.2) is 5.96 Å². The first-order chi connectivity index (χ1) is 12.1. The van der Waals surface area contributed by atoms with Crippen molar-refractivity contribution in [3.8, 4) is 0 Å². The number of benzene rings is 1. The number of rotatable bonds is 9. The van der Waals surface area contributed by atoms with E-state index < -0.39 is 10.0 Å². The molecule has 0 amide bonds. The number of aliphatic imine (C=N–C) groups is 1. The lowest BCUT2D eigenvalue weighted by Crippen LogP contribution is -2.41. The van der Waals surface area contributed by atoms with Gasteiger partial charge in [0.2, 0.25) is 10.0 Å². The third-order valence-electron chi connectivity index (χ3n) is 3.35. The van der Waals surface area contributed by atoms with Gasteiger partial charge in [-0.25, -0.2) is 18.1 Å². The summed E-state index contributed by atoms with van der Waals surface area (Å²) in [4.78, 5) is 4.45. The van der Waals surface area contributed by atoms with Crippen molar-refractivity contribution in [1.82, 2.24) is 15.4 Å². The van der Waals surface area contributed by atoms with Gasteiger partial charge >= 0.3 is 0 Å².